The van der Waals surface area contributed by atoms with Crippen LogP contribution in [0.25, 0.3) is 0 Å². The predicted octanol–water partition coefficient (Wildman–Crippen LogP) is 3.35. The first-order valence-electron chi connectivity index (χ1n) is 6.24. The van der Waals surface area contributed by atoms with Crippen LogP contribution < -0.4 is 10.6 Å². The molecule has 0 bridgehead atoms. The quantitative estimate of drug-likeness (QED) is 0.889. The molecule has 0 aromatic heterocycles. The molecule has 0 atom stereocenters. The molecule has 2 aromatic carbocycles. The molecule has 110 valence electrons. The zero-order chi connectivity index (χ0) is 15.2. The molecule has 0 spiro atoms. The summed E-state index contributed by atoms with van der Waals surface area (Å²) in [5.41, 5.74) is 0.848. The maximum atomic E-state index is 13.3. The Hall–Kier alpha value is -2.14. The van der Waals surface area contributed by atoms with Gasteiger partial charge in [0.05, 0.1) is 12.2 Å². The van der Waals surface area contributed by atoms with Gasteiger partial charge in [0, 0.05) is 11.6 Å². The highest BCUT2D eigenvalue weighted by atomic mass is 35.5. The third-order valence-electron chi connectivity index (χ3n) is 2.77. The van der Waals surface area contributed by atoms with E-state index in [0.717, 1.165) is 23.8 Å². The molecule has 2 rings (SSSR count). The van der Waals surface area contributed by atoms with Crippen LogP contribution in [-0.2, 0) is 11.3 Å². The van der Waals surface area contributed by atoms with Crippen LogP contribution >= 0.6 is 11.6 Å². The molecule has 0 heterocycles. The molecule has 2 aromatic rings. The molecule has 0 saturated carbocycles. The van der Waals surface area contributed by atoms with Gasteiger partial charge in [0.1, 0.15) is 11.6 Å². The van der Waals surface area contributed by atoms with E-state index >= 15 is 0 Å². The van der Waals surface area contributed by atoms with E-state index in [9.17, 15) is 13.6 Å². The average Bonchev–Trinajstić information content (AvgIpc) is 2.47. The number of benzene rings is 2. The Morgan fingerprint density at radius 2 is 1.81 bits per heavy atom. The van der Waals surface area contributed by atoms with Gasteiger partial charge >= 0.3 is 0 Å². The van der Waals surface area contributed by atoms with E-state index in [0.29, 0.717) is 11.6 Å². The minimum atomic E-state index is -0.609. The number of nitrogens with one attached hydrogen (secondary N) is 2. The van der Waals surface area contributed by atoms with Gasteiger partial charge in [0.25, 0.3) is 0 Å². The van der Waals surface area contributed by atoms with Crippen molar-refractivity contribution in [2.45, 2.75) is 6.54 Å². The number of carbonyl (C=O) groups is 1. The third-order valence-corrected chi connectivity index (χ3v) is 3.02. The van der Waals surface area contributed by atoms with Gasteiger partial charge in [-0.2, -0.15) is 0 Å². The predicted molar refractivity (Wildman–Crippen MR) is 78.1 cm³/mol. The van der Waals surface area contributed by atoms with Crippen LogP contribution in [0, 0.1) is 11.6 Å². The van der Waals surface area contributed by atoms with Crippen molar-refractivity contribution in [2.75, 3.05) is 11.9 Å². The number of halogens is 3. The zero-order valence-corrected chi connectivity index (χ0v) is 11.8. The zero-order valence-electron chi connectivity index (χ0n) is 11.0. The van der Waals surface area contributed by atoms with E-state index in [1.54, 1.807) is 24.3 Å². The molecule has 0 aliphatic rings. The van der Waals surface area contributed by atoms with E-state index in [4.69, 9.17) is 11.6 Å². The van der Waals surface area contributed by atoms with Crippen molar-refractivity contribution in [3.8, 4) is 0 Å². The van der Waals surface area contributed by atoms with Crippen LogP contribution in [-0.4, -0.2) is 12.5 Å². The SMILES string of the molecule is O=C(CNc1cc(F)ccc1F)NCc1ccc(Cl)cc1. The van der Waals surface area contributed by atoms with Gasteiger partial charge in [-0.3, -0.25) is 4.79 Å². The van der Waals surface area contributed by atoms with Crippen molar-refractivity contribution in [1.82, 2.24) is 5.32 Å². The smallest absolute Gasteiger partial charge is 0.239 e. The number of anilines is 1. The molecule has 3 nitrogen and oxygen atoms in total. The number of amides is 1. The number of carbonyl (C=O) groups excluding carboxylic acids is 1. The van der Waals surface area contributed by atoms with E-state index in [1.807, 2.05) is 0 Å². The normalized spacial score (nSPS) is 10.2. The molecule has 0 aliphatic heterocycles. The van der Waals surface area contributed by atoms with Crippen LogP contribution in [0.4, 0.5) is 14.5 Å². The van der Waals surface area contributed by atoms with Crippen molar-refractivity contribution in [2.24, 2.45) is 0 Å². The standard InChI is InChI=1S/C15H13ClF2N2O/c16-11-3-1-10(2-4-11)8-20-15(21)9-19-14-7-12(17)5-6-13(14)18/h1-7,19H,8-9H2,(H,20,21). The van der Waals surface area contributed by atoms with E-state index in [-0.39, 0.29) is 18.1 Å². The largest absolute Gasteiger partial charge is 0.374 e. The van der Waals surface area contributed by atoms with Crippen molar-refractivity contribution >= 4 is 23.2 Å². The summed E-state index contributed by atoms with van der Waals surface area (Å²) >= 11 is 5.76. The molecular weight excluding hydrogens is 298 g/mol. The summed E-state index contributed by atoms with van der Waals surface area (Å²) in [6, 6.07) is 10.1. The molecule has 6 heteroatoms. The molecule has 0 aliphatic carbocycles. The first-order chi connectivity index (χ1) is 10.0. The van der Waals surface area contributed by atoms with Crippen LogP contribution in [0.15, 0.2) is 42.5 Å². The van der Waals surface area contributed by atoms with Crippen LogP contribution in [0.5, 0.6) is 0 Å². The lowest BCUT2D eigenvalue weighted by Gasteiger charge is -2.09. The Morgan fingerprint density at radius 1 is 1.10 bits per heavy atom. The Bertz CT molecular complexity index is 632. The molecule has 0 fully saturated rings. The van der Waals surface area contributed by atoms with Crippen LogP contribution in [0.1, 0.15) is 5.56 Å². The monoisotopic (exact) mass is 310 g/mol. The Balaban J connectivity index is 1.82. The topological polar surface area (TPSA) is 41.1 Å². The fourth-order valence-electron chi connectivity index (χ4n) is 1.67. The highest BCUT2D eigenvalue weighted by Crippen LogP contribution is 2.14. The highest BCUT2D eigenvalue weighted by Gasteiger charge is 2.06. The van der Waals surface area contributed by atoms with E-state index in [2.05, 4.69) is 10.6 Å². The average molecular weight is 311 g/mol. The molecule has 0 radical (unpaired) electrons. The third kappa shape index (κ3) is 4.72. The Labute approximate surface area is 125 Å². The van der Waals surface area contributed by atoms with Gasteiger partial charge in [-0.1, -0.05) is 23.7 Å². The van der Waals surface area contributed by atoms with Gasteiger partial charge in [-0.05, 0) is 35.9 Å². The number of hydrogen-bond acceptors (Lipinski definition) is 2. The van der Waals surface area contributed by atoms with E-state index < -0.39 is 11.6 Å². The highest BCUT2D eigenvalue weighted by molar-refractivity contribution is 6.30. The van der Waals surface area contributed by atoms with Crippen molar-refractivity contribution in [1.29, 1.82) is 0 Å². The van der Waals surface area contributed by atoms with Crippen molar-refractivity contribution in [3.05, 3.63) is 64.7 Å². The van der Waals surface area contributed by atoms with Gasteiger partial charge in [-0.15, -0.1) is 0 Å². The van der Waals surface area contributed by atoms with Gasteiger partial charge in [-0.25, -0.2) is 8.78 Å². The summed E-state index contributed by atoms with van der Waals surface area (Å²) in [5, 5.41) is 5.83. The maximum Gasteiger partial charge on any atom is 0.239 e. The minimum Gasteiger partial charge on any atom is -0.374 e. The molecule has 1 amide bonds. The summed E-state index contributed by atoms with van der Waals surface area (Å²) in [5.74, 6) is -1.50. The van der Waals surface area contributed by atoms with Crippen molar-refractivity contribution in [3.63, 3.8) is 0 Å². The summed E-state index contributed by atoms with van der Waals surface area (Å²) in [4.78, 5) is 11.6. The van der Waals surface area contributed by atoms with Gasteiger partial charge in [0.15, 0.2) is 0 Å². The second-order valence-corrected chi connectivity index (χ2v) is 4.82. The fourth-order valence-corrected chi connectivity index (χ4v) is 1.80. The summed E-state index contributed by atoms with van der Waals surface area (Å²) in [6.45, 7) is 0.192. The van der Waals surface area contributed by atoms with Crippen LogP contribution in [0.2, 0.25) is 5.02 Å². The molecule has 2 N–H and O–H groups in total. The molecule has 0 saturated heterocycles. The molecule has 0 unspecified atom stereocenters. The second kappa shape index (κ2) is 7.04. The first-order valence-corrected chi connectivity index (χ1v) is 6.62. The Kier molecular flexibility index (Phi) is 5.11. The molecule has 21 heavy (non-hydrogen) atoms. The molecular formula is C15H13ClF2N2O. The lowest BCUT2D eigenvalue weighted by molar-refractivity contribution is -0.119. The summed E-state index contributed by atoms with van der Waals surface area (Å²) in [7, 11) is 0. The lowest BCUT2D eigenvalue weighted by atomic mass is 10.2. The second-order valence-electron chi connectivity index (χ2n) is 4.38. The minimum absolute atomic E-state index is 0.0448. The van der Waals surface area contributed by atoms with Crippen LogP contribution in [0.3, 0.4) is 0 Å². The number of hydrogen-bond donors (Lipinski definition) is 2. The van der Waals surface area contributed by atoms with Gasteiger partial charge < -0.3 is 10.6 Å². The number of rotatable bonds is 5. The Morgan fingerprint density at radius 3 is 2.52 bits per heavy atom. The first kappa shape index (κ1) is 15.3. The summed E-state index contributed by atoms with van der Waals surface area (Å²) in [6.07, 6.45) is 0. The summed E-state index contributed by atoms with van der Waals surface area (Å²) < 4.78 is 26.3. The lowest BCUT2D eigenvalue weighted by Crippen LogP contribution is -2.29. The van der Waals surface area contributed by atoms with Crippen molar-refractivity contribution < 1.29 is 13.6 Å². The maximum absolute atomic E-state index is 13.3. The fraction of sp³-hybridized carbons (Fsp3) is 0.133. The van der Waals surface area contributed by atoms with Gasteiger partial charge in [0.2, 0.25) is 5.91 Å². The van der Waals surface area contributed by atoms with E-state index in [1.165, 1.54) is 0 Å².